The van der Waals surface area contributed by atoms with Crippen molar-refractivity contribution in [3.05, 3.63) is 83.4 Å². The number of para-hydroxylation sites is 2. The van der Waals surface area contributed by atoms with E-state index < -0.39 is 11.9 Å². The molecule has 2 aliphatic heterocycles. The molecule has 1 atom stereocenters. The maximum atomic E-state index is 13.1. The first-order valence-corrected chi connectivity index (χ1v) is 15.0. The number of hydrogen-bond donors (Lipinski definition) is 2. The third-order valence-corrected chi connectivity index (χ3v) is 8.12. The SMILES string of the molecule is COc1ccccc1CNC(=O)CC1C(=O)N=C2c3ccccc3N=C(SCC(=O)NCCc3ccc(OC)c(OC)c3)N21. The van der Waals surface area contributed by atoms with Gasteiger partial charge in [-0.2, -0.15) is 4.99 Å². The summed E-state index contributed by atoms with van der Waals surface area (Å²) in [6.07, 6.45) is 0.481. The van der Waals surface area contributed by atoms with E-state index in [1.165, 1.54) is 11.8 Å². The van der Waals surface area contributed by atoms with Crippen LogP contribution >= 0.6 is 11.8 Å². The van der Waals surface area contributed by atoms with Crippen LogP contribution in [0.15, 0.2) is 76.7 Å². The number of amides is 3. The zero-order valence-corrected chi connectivity index (χ0v) is 25.5. The Morgan fingerprint density at radius 2 is 1.61 bits per heavy atom. The summed E-state index contributed by atoms with van der Waals surface area (Å²) in [6.45, 7) is 0.674. The van der Waals surface area contributed by atoms with Crippen LogP contribution in [0.2, 0.25) is 0 Å². The van der Waals surface area contributed by atoms with Crippen molar-refractivity contribution in [3.8, 4) is 17.2 Å². The normalized spacial score (nSPS) is 15.0. The average Bonchev–Trinajstić information content (AvgIpc) is 3.38. The Hall–Kier alpha value is -4.84. The second-order valence-corrected chi connectivity index (χ2v) is 10.9. The van der Waals surface area contributed by atoms with E-state index in [0.717, 1.165) is 11.1 Å². The number of carbonyl (C=O) groups is 3. The monoisotopic (exact) mass is 615 g/mol. The van der Waals surface area contributed by atoms with E-state index in [4.69, 9.17) is 19.2 Å². The molecule has 2 N–H and O–H groups in total. The van der Waals surface area contributed by atoms with Crippen LogP contribution < -0.4 is 24.8 Å². The summed E-state index contributed by atoms with van der Waals surface area (Å²) < 4.78 is 16.0. The quantitative estimate of drug-likeness (QED) is 0.317. The molecule has 3 amide bonds. The lowest BCUT2D eigenvalue weighted by Crippen LogP contribution is -2.46. The molecule has 2 heterocycles. The number of nitrogens with zero attached hydrogens (tertiary/aromatic N) is 3. The van der Waals surface area contributed by atoms with Crippen molar-refractivity contribution in [1.82, 2.24) is 15.5 Å². The molecule has 11 nitrogen and oxygen atoms in total. The predicted octanol–water partition coefficient (Wildman–Crippen LogP) is 3.47. The van der Waals surface area contributed by atoms with Crippen LogP contribution in [0, 0.1) is 0 Å². The third kappa shape index (κ3) is 6.86. The van der Waals surface area contributed by atoms with Gasteiger partial charge in [0, 0.05) is 24.2 Å². The molecular weight excluding hydrogens is 582 g/mol. The highest BCUT2D eigenvalue weighted by atomic mass is 32.2. The minimum Gasteiger partial charge on any atom is -0.496 e. The van der Waals surface area contributed by atoms with Crippen LogP contribution in [0.1, 0.15) is 23.1 Å². The summed E-state index contributed by atoms with van der Waals surface area (Å²) in [6, 6.07) is 19.5. The summed E-state index contributed by atoms with van der Waals surface area (Å²) in [7, 11) is 4.73. The Morgan fingerprint density at radius 3 is 2.41 bits per heavy atom. The highest BCUT2D eigenvalue weighted by Crippen LogP contribution is 2.35. The summed E-state index contributed by atoms with van der Waals surface area (Å²) in [5.41, 5.74) is 3.15. The lowest BCUT2D eigenvalue weighted by atomic mass is 10.1. The van der Waals surface area contributed by atoms with Crippen LogP contribution in [-0.4, -0.2) is 73.3 Å². The Labute approximate surface area is 259 Å². The number of hydrogen-bond acceptors (Lipinski definition) is 9. The van der Waals surface area contributed by atoms with Crippen molar-refractivity contribution in [2.45, 2.75) is 25.4 Å². The molecule has 0 spiro atoms. The van der Waals surface area contributed by atoms with Gasteiger partial charge in [-0.3, -0.25) is 19.3 Å². The first kappa shape index (κ1) is 30.6. The highest BCUT2D eigenvalue weighted by Gasteiger charge is 2.42. The molecule has 0 aliphatic carbocycles. The zero-order valence-electron chi connectivity index (χ0n) is 24.7. The largest absolute Gasteiger partial charge is 0.496 e. The second-order valence-electron chi connectivity index (χ2n) is 9.94. The van der Waals surface area contributed by atoms with Gasteiger partial charge in [0.05, 0.1) is 39.2 Å². The number of carbonyl (C=O) groups excluding carboxylic acids is 3. The molecule has 1 unspecified atom stereocenters. The number of thioether (sulfide) groups is 1. The molecule has 228 valence electrons. The van der Waals surface area contributed by atoms with Crippen LogP contribution in [0.3, 0.4) is 0 Å². The van der Waals surface area contributed by atoms with Gasteiger partial charge in [-0.15, -0.1) is 0 Å². The fourth-order valence-electron chi connectivity index (χ4n) is 4.96. The van der Waals surface area contributed by atoms with E-state index in [1.54, 1.807) is 26.2 Å². The van der Waals surface area contributed by atoms with Gasteiger partial charge in [0.15, 0.2) is 16.7 Å². The molecule has 12 heteroatoms. The van der Waals surface area contributed by atoms with Crippen LogP contribution in [-0.2, 0) is 27.3 Å². The van der Waals surface area contributed by atoms with Gasteiger partial charge in [-0.25, -0.2) is 4.99 Å². The van der Waals surface area contributed by atoms with Gasteiger partial charge in [0.25, 0.3) is 5.91 Å². The molecule has 0 saturated heterocycles. The predicted molar refractivity (Wildman–Crippen MR) is 169 cm³/mol. The van der Waals surface area contributed by atoms with Gasteiger partial charge >= 0.3 is 0 Å². The number of rotatable bonds is 12. The molecule has 5 rings (SSSR count). The topological polar surface area (TPSA) is 131 Å². The summed E-state index contributed by atoms with van der Waals surface area (Å²) >= 11 is 1.20. The summed E-state index contributed by atoms with van der Waals surface area (Å²) in [5.74, 6) is 1.49. The van der Waals surface area contributed by atoms with E-state index in [2.05, 4.69) is 15.6 Å². The second kappa shape index (κ2) is 14.1. The number of amidine groups is 2. The maximum Gasteiger partial charge on any atom is 0.271 e. The molecule has 0 aromatic heterocycles. The van der Waals surface area contributed by atoms with E-state index >= 15 is 0 Å². The minimum atomic E-state index is -0.879. The van der Waals surface area contributed by atoms with Crippen LogP contribution in [0.25, 0.3) is 0 Å². The number of aliphatic imine (C=N–C) groups is 2. The highest BCUT2D eigenvalue weighted by molar-refractivity contribution is 8.14. The van der Waals surface area contributed by atoms with Crippen molar-refractivity contribution in [2.24, 2.45) is 9.98 Å². The maximum absolute atomic E-state index is 13.1. The van der Waals surface area contributed by atoms with Gasteiger partial charge in [-0.1, -0.05) is 48.2 Å². The van der Waals surface area contributed by atoms with E-state index in [0.29, 0.717) is 52.5 Å². The number of nitrogens with one attached hydrogen (secondary N) is 2. The number of benzene rings is 3. The molecule has 0 fully saturated rings. The Morgan fingerprint density at radius 1 is 0.864 bits per heavy atom. The zero-order chi connectivity index (χ0) is 31.1. The number of fused-ring (bicyclic) bond motifs is 3. The van der Waals surface area contributed by atoms with Crippen molar-refractivity contribution in [1.29, 1.82) is 0 Å². The molecule has 0 radical (unpaired) electrons. The number of ether oxygens (including phenoxy) is 3. The lowest BCUT2D eigenvalue weighted by molar-refractivity contribution is -0.126. The Balaban J connectivity index is 1.22. The van der Waals surface area contributed by atoms with Crippen molar-refractivity contribution in [3.63, 3.8) is 0 Å². The fraction of sp³-hybridized carbons (Fsp3) is 0.281. The summed E-state index contributed by atoms with van der Waals surface area (Å²) in [5, 5.41) is 6.25. The molecule has 0 bridgehead atoms. The standard InChI is InChI=1S/C32H33N5O6S/c1-41-25-11-7-4-8-21(25)18-34-28(38)17-24-31(40)36-30-22-9-5-6-10-23(22)35-32(37(24)30)44-19-29(39)33-15-14-20-12-13-26(42-2)27(16-20)43-3/h4-13,16,24H,14-15,17-19H2,1-3H3,(H,33,39)(H,34,38). The first-order valence-electron chi connectivity index (χ1n) is 14.0. The molecule has 3 aromatic carbocycles. The van der Waals surface area contributed by atoms with Crippen LogP contribution in [0.5, 0.6) is 17.2 Å². The Kier molecular flexibility index (Phi) is 9.80. The van der Waals surface area contributed by atoms with Gasteiger partial charge in [0.2, 0.25) is 11.8 Å². The van der Waals surface area contributed by atoms with Crippen molar-refractivity contribution in [2.75, 3.05) is 33.6 Å². The minimum absolute atomic E-state index is 0.0671. The van der Waals surface area contributed by atoms with Crippen molar-refractivity contribution < 1.29 is 28.6 Å². The third-order valence-electron chi connectivity index (χ3n) is 7.17. The van der Waals surface area contributed by atoms with E-state index in [1.807, 2.05) is 66.7 Å². The van der Waals surface area contributed by atoms with Gasteiger partial charge in [0.1, 0.15) is 17.6 Å². The van der Waals surface area contributed by atoms with E-state index in [-0.39, 0.29) is 30.5 Å². The molecular formula is C32H33N5O6S. The smallest absolute Gasteiger partial charge is 0.271 e. The van der Waals surface area contributed by atoms with Gasteiger partial charge in [-0.05, 0) is 42.3 Å². The molecule has 3 aromatic rings. The summed E-state index contributed by atoms with van der Waals surface area (Å²) in [4.78, 5) is 49.7. The lowest BCUT2D eigenvalue weighted by Gasteiger charge is -2.30. The van der Waals surface area contributed by atoms with E-state index in [9.17, 15) is 14.4 Å². The molecule has 0 saturated carbocycles. The fourth-order valence-corrected chi connectivity index (χ4v) is 5.83. The Bertz CT molecular complexity index is 1620. The van der Waals surface area contributed by atoms with Gasteiger partial charge < -0.3 is 24.8 Å². The number of methoxy groups -OCH3 is 3. The van der Waals surface area contributed by atoms with Crippen LogP contribution in [0.4, 0.5) is 5.69 Å². The molecule has 2 aliphatic rings. The average molecular weight is 616 g/mol. The molecule has 44 heavy (non-hydrogen) atoms. The first-order chi connectivity index (χ1) is 21.4. The van der Waals surface area contributed by atoms with Crippen molar-refractivity contribution >= 4 is 46.2 Å².